The second-order valence-electron chi connectivity index (χ2n) is 6.49. The number of hydrazone groups is 2. The lowest BCUT2D eigenvalue weighted by Crippen LogP contribution is -2.47. The molecule has 0 saturated carbocycles. The van der Waals surface area contributed by atoms with Gasteiger partial charge in [0.2, 0.25) is 0 Å². The highest BCUT2D eigenvalue weighted by Gasteiger charge is 2.46. The number of alkyl halides is 5. The smallest absolute Gasteiger partial charge is 0.482 e. The van der Waals surface area contributed by atoms with Crippen LogP contribution in [-0.4, -0.2) is 59.6 Å². The third-order valence-corrected chi connectivity index (χ3v) is 4.51. The molecule has 0 saturated heterocycles. The average Bonchev–Trinajstić information content (AvgIpc) is 2.95. The van der Waals surface area contributed by atoms with E-state index in [4.69, 9.17) is 16.3 Å². The summed E-state index contributed by atoms with van der Waals surface area (Å²) in [7, 11) is 1.45. The van der Waals surface area contributed by atoms with Crippen molar-refractivity contribution in [3.63, 3.8) is 0 Å². The maximum Gasteiger partial charge on any atom is 0.573 e. The second-order valence-corrected chi connectivity index (χ2v) is 6.85. The number of rotatable bonds is 2. The Kier molecular flexibility index (Phi) is 4.48. The molecule has 0 bridgehead atoms. The van der Waals surface area contributed by atoms with Gasteiger partial charge < -0.3 is 14.4 Å². The van der Waals surface area contributed by atoms with Crippen molar-refractivity contribution in [1.29, 1.82) is 0 Å². The largest absolute Gasteiger partial charge is 0.573 e. The number of ether oxygens (including phenoxy) is 2. The highest BCUT2D eigenvalue weighted by Crippen LogP contribution is 2.35. The van der Waals surface area contributed by atoms with Crippen molar-refractivity contribution in [2.75, 3.05) is 20.2 Å². The van der Waals surface area contributed by atoms with Gasteiger partial charge in [0.25, 0.3) is 5.92 Å². The Balaban J connectivity index is 1.65. The molecule has 156 valence electrons. The molecule has 1 atom stereocenters. The van der Waals surface area contributed by atoms with E-state index >= 15 is 0 Å². The van der Waals surface area contributed by atoms with Gasteiger partial charge >= 0.3 is 6.36 Å². The van der Waals surface area contributed by atoms with E-state index in [2.05, 4.69) is 20.4 Å². The minimum Gasteiger partial charge on any atom is -0.482 e. The number of benzene rings is 1. The van der Waals surface area contributed by atoms with Gasteiger partial charge in [0.1, 0.15) is 11.4 Å². The molecule has 0 amide bonds. The Morgan fingerprint density at radius 3 is 2.83 bits per heavy atom. The number of nitrogens with one attached hydrogen (secondary N) is 1. The summed E-state index contributed by atoms with van der Waals surface area (Å²) in [6.07, 6.45) is -5.68. The second kappa shape index (κ2) is 6.65. The number of halogens is 6. The fraction of sp³-hybridized carbons (Fsp3) is 0.375. The van der Waals surface area contributed by atoms with Crippen molar-refractivity contribution in [1.82, 2.24) is 15.3 Å². The summed E-state index contributed by atoms with van der Waals surface area (Å²) in [6, 6.07) is 5.12. The summed E-state index contributed by atoms with van der Waals surface area (Å²) in [5, 5.41) is 9.33. The van der Waals surface area contributed by atoms with Crippen molar-refractivity contribution in [2.45, 2.75) is 18.5 Å². The summed E-state index contributed by atoms with van der Waals surface area (Å²) in [5.41, 5.74) is 3.27. The standard InChI is InChI=1S/C16H13ClF5N5O2/c1-26-6-15(18,19)7-28-11-10(26)14-24-23-13(27(14)25-12(11)17)8-3-2-4-9(5-8)29-16(20,21)22/h2-5,14,24H,6-7H2,1H3. The summed E-state index contributed by atoms with van der Waals surface area (Å²) >= 11 is 6.16. The molecule has 13 heteroatoms. The van der Waals surface area contributed by atoms with Crippen molar-refractivity contribution in [3.8, 4) is 5.75 Å². The van der Waals surface area contributed by atoms with Crippen LogP contribution in [0.1, 0.15) is 5.56 Å². The number of nitrogens with zero attached hydrogens (tertiary/aromatic N) is 4. The van der Waals surface area contributed by atoms with Crippen LogP contribution in [0.4, 0.5) is 22.0 Å². The van der Waals surface area contributed by atoms with Crippen molar-refractivity contribution < 1.29 is 31.4 Å². The molecule has 0 radical (unpaired) electrons. The first kappa shape index (κ1) is 19.6. The minimum absolute atomic E-state index is 0.00861. The number of amidine groups is 1. The zero-order valence-electron chi connectivity index (χ0n) is 14.7. The number of likely N-dealkylation sites (N-methyl/N-ethyl adjacent to an activating group) is 1. The van der Waals surface area contributed by atoms with Gasteiger partial charge in [-0.1, -0.05) is 23.7 Å². The van der Waals surface area contributed by atoms with Crippen LogP contribution in [0, 0.1) is 0 Å². The SMILES string of the molecule is CN1CC(F)(F)COC2=C1C1NN=C(c3cccc(OC(F)(F)F)c3)N1N=C2Cl. The number of hydrogen-bond donors (Lipinski definition) is 1. The third kappa shape index (κ3) is 3.76. The normalized spacial score (nSPS) is 23.3. The molecule has 1 N–H and O–H groups in total. The molecule has 3 aliphatic rings. The quantitative estimate of drug-likeness (QED) is 0.721. The predicted molar refractivity (Wildman–Crippen MR) is 92.3 cm³/mol. The predicted octanol–water partition coefficient (Wildman–Crippen LogP) is 2.85. The summed E-state index contributed by atoms with van der Waals surface area (Å²) in [4.78, 5) is 1.28. The molecule has 29 heavy (non-hydrogen) atoms. The molecule has 1 aromatic carbocycles. The van der Waals surface area contributed by atoms with Gasteiger partial charge in [-0.3, -0.25) is 5.43 Å². The van der Waals surface area contributed by atoms with E-state index in [9.17, 15) is 22.0 Å². The summed E-state index contributed by atoms with van der Waals surface area (Å²) < 4.78 is 74.4. The molecule has 1 aromatic rings. The fourth-order valence-electron chi connectivity index (χ4n) is 3.20. The van der Waals surface area contributed by atoms with E-state index in [0.29, 0.717) is 0 Å². The maximum atomic E-state index is 13.9. The molecule has 0 spiro atoms. The lowest BCUT2D eigenvalue weighted by atomic mass is 10.1. The first-order valence-corrected chi connectivity index (χ1v) is 8.61. The van der Waals surface area contributed by atoms with Gasteiger partial charge in [0.15, 0.2) is 29.5 Å². The van der Waals surface area contributed by atoms with Crippen LogP contribution >= 0.6 is 11.6 Å². The highest BCUT2D eigenvalue weighted by atomic mass is 35.5. The zero-order valence-corrected chi connectivity index (χ0v) is 15.4. The molecule has 4 rings (SSSR count). The first-order chi connectivity index (χ1) is 13.5. The molecule has 7 nitrogen and oxygen atoms in total. The highest BCUT2D eigenvalue weighted by molar-refractivity contribution is 6.69. The summed E-state index contributed by atoms with van der Waals surface area (Å²) in [6.45, 7) is -1.48. The van der Waals surface area contributed by atoms with Crippen LogP contribution in [0.25, 0.3) is 0 Å². The van der Waals surface area contributed by atoms with E-state index in [0.717, 1.165) is 12.1 Å². The van der Waals surface area contributed by atoms with E-state index in [1.54, 1.807) is 0 Å². The molecule has 0 aliphatic carbocycles. The number of fused-ring (bicyclic) bond motifs is 2. The van der Waals surface area contributed by atoms with Gasteiger partial charge in [-0.05, 0) is 12.1 Å². The lowest BCUT2D eigenvalue weighted by Gasteiger charge is -2.33. The minimum atomic E-state index is -4.85. The fourth-order valence-corrected chi connectivity index (χ4v) is 3.44. The summed E-state index contributed by atoms with van der Waals surface area (Å²) in [5.74, 6) is -3.43. The maximum absolute atomic E-state index is 13.9. The van der Waals surface area contributed by atoms with Crippen LogP contribution in [0.15, 0.2) is 45.9 Å². The Bertz CT molecular complexity index is 933. The third-order valence-electron chi connectivity index (χ3n) is 4.26. The average molecular weight is 438 g/mol. The Hall–Kier alpha value is -2.76. The zero-order chi connectivity index (χ0) is 21.0. The Labute approximate surface area is 166 Å². The molecular formula is C16H13ClF5N5O2. The van der Waals surface area contributed by atoms with Crippen molar-refractivity contribution in [3.05, 3.63) is 41.3 Å². The van der Waals surface area contributed by atoms with Crippen molar-refractivity contribution in [2.24, 2.45) is 10.2 Å². The number of allylic oxidation sites excluding steroid dienone is 1. The van der Waals surface area contributed by atoms with E-state index < -0.39 is 37.4 Å². The van der Waals surface area contributed by atoms with Gasteiger partial charge in [0.05, 0.1) is 6.54 Å². The topological polar surface area (TPSA) is 61.7 Å². The molecular weight excluding hydrogens is 425 g/mol. The van der Waals surface area contributed by atoms with Crippen LogP contribution in [0.5, 0.6) is 5.75 Å². The Morgan fingerprint density at radius 2 is 2.10 bits per heavy atom. The van der Waals surface area contributed by atoms with Gasteiger partial charge in [-0.15, -0.1) is 13.2 Å². The molecule has 0 aromatic heterocycles. The van der Waals surface area contributed by atoms with Gasteiger partial charge in [-0.2, -0.15) is 10.2 Å². The first-order valence-electron chi connectivity index (χ1n) is 8.23. The van der Waals surface area contributed by atoms with Gasteiger partial charge in [0, 0.05) is 12.6 Å². The molecule has 0 fully saturated rings. The van der Waals surface area contributed by atoms with Crippen LogP contribution in [0.2, 0.25) is 0 Å². The number of hydrogen-bond acceptors (Lipinski definition) is 7. The lowest BCUT2D eigenvalue weighted by molar-refractivity contribution is -0.274. The van der Waals surface area contributed by atoms with E-state index in [1.165, 1.54) is 29.1 Å². The van der Waals surface area contributed by atoms with Gasteiger partial charge in [-0.25, -0.2) is 13.8 Å². The molecule has 3 aliphatic heterocycles. The van der Waals surface area contributed by atoms with Crippen molar-refractivity contribution >= 4 is 22.6 Å². The van der Waals surface area contributed by atoms with Crippen LogP contribution < -0.4 is 10.2 Å². The van der Waals surface area contributed by atoms with E-state index in [1.807, 2.05) is 0 Å². The van der Waals surface area contributed by atoms with Crippen LogP contribution in [-0.2, 0) is 4.74 Å². The molecule has 1 unspecified atom stereocenters. The van der Waals surface area contributed by atoms with Crippen LogP contribution in [0.3, 0.4) is 0 Å². The molecule has 3 heterocycles. The Morgan fingerprint density at radius 1 is 1.34 bits per heavy atom. The monoisotopic (exact) mass is 437 g/mol. The van der Waals surface area contributed by atoms with E-state index in [-0.39, 0.29) is 28.0 Å².